The molecular weight excluding hydrogens is 451 g/mol. The number of hydrogen-bond acceptors (Lipinski definition) is 2. The summed E-state index contributed by atoms with van der Waals surface area (Å²) in [4.78, 5) is 26.2. The molecule has 6 heteroatoms. The second-order valence-electron chi connectivity index (χ2n) is 8.97. The van der Waals surface area contributed by atoms with Crippen molar-refractivity contribution in [1.29, 1.82) is 0 Å². The third-order valence-corrected chi connectivity index (χ3v) is 6.96. The maximum Gasteiger partial charge on any atom is 0.223 e. The van der Waals surface area contributed by atoms with Gasteiger partial charge in [0.05, 0.1) is 17.8 Å². The molecule has 2 aromatic carbocycles. The molecule has 1 aliphatic carbocycles. The second kappa shape index (κ2) is 10.6. The number of carbonyl (C=O) groups is 2. The molecule has 1 fully saturated rings. The normalized spacial score (nSPS) is 14.2. The second-order valence-corrected chi connectivity index (χ2v) is 9.41. The van der Waals surface area contributed by atoms with Gasteiger partial charge >= 0.3 is 0 Å². The first-order chi connectivity index (χ1) is 16.4. The lowest BCUT2D eigenvalue weighted by molar-refractivity contribution is -0.126. The third-order valence-electron chi connectivity index (χ3n) is 6.73. The highest BCUT2D eigenvalue weighted by Gasteiger charge is 2.24. The minimum Gasteiger partial charge on any atom is -0.350 e. The van der Waals surface area contributed by atoms with Crippen molar-refractivity contribution in [2.24, 2.45) is 5.92 Å². The summed E-state index contributed by atoms with van der Waals surface area (Å²) in [6.45, 7) is 4.40. The summed E-state index contributed by atoms with van der Waals surface area (Å²) in [5, 5.41) is 3.54. The lowest BCUT2D eigenvalue weighted by Crippen LogP contribution is -2.32. The molecule has 0 unspecified atom stereocenters. The van der Waals surface area contributed by atoms with Gasteiger partial charge in [-0.1, -0.05) is 49.9 Å². The van der Waals surface area contributed by atoms with E-state index in [4.69, 9.17) is 11.6 Å². The largest absolute Gasteiger partial charge is 0.350 e. The quantitative estimate of drug-likeness (QED) is 0.389. The molecule has 1 amide bonds. The molecule has 178 valence electrons. The van der Waals surface area contributed by atoms with Crippen molar-refractivity contribution in [3.8, 4) is 5.69 Å². The van der Waals surface area contributed by atoms with Crippen LogP contribution in [0.4, 0.5) is 4.39 Å². The number of nitrogens with one attached hydrogen (secondary N) is 1. The van der Waals surface area contributed by atoms with Gasteiger partial charge in [0.15, 0.2) is 5.78 Å². The standard InChI is InChI=1S/C28H30ClFN2O2/c1-3-19-15-18(2)32(26(19)17-31-28(34)20-9-5-4-6-10-20)25-14-13-21(29)16-23(25)27(33)22-11-7-8-12-24(22)30/h7-8,11-16,20H,3-6,9-10,17H2,1-2H3,(H,31,34). The number of ketones is 1. The molecule has 0 aliphatic heterocycles. The van der Waals surface area contributed by atoms with E-state index in [1.54, 1.807) is 30.3 Å². The van der Waals surface area contributed by atoms with Crippen LogP contribution in [0.3, 0.4) is 0 Å². The summed E-state index contributed by atoms with van der Waals surface area (Å²) in [7, 11) is 0. The average Bonchev–Trinajstić information content (AvgIpc) is 3.17. The highest BCUT2D eigenvalue weighted by Crippen LogP contribution is 2.29. The summed E-state index contributed by atoms with van der Waals surface area (Å²) in [6.07, 6.45) is 6.05. The van der Waals surface area contributed by atoms with E-state index in [2.05, 4.69) is 18.3 Å². The minimum absolute atomic E-state index is 0.00121. The van der Waals surface area contributed by atoms with E-state index in [9.17, 15) is 14.0 Å². The Balaban J connectivity index is 1.73. The van der Waals surface area contributed by atoms with Crippen LogP contribution in [0.1, 0.15) is 71.9 Å². The molecule has 0 saturated heterocycles. The number of aromatic nitrogens is 1. The topological polar surface area (TPSA) is 51.1 Å². The molecule has 1 aromatic heterocycles. The Hall–Kier alpha value is -2.92. The highest BCUT2D eigenvalue weighted by molar-refractivity contribution is 6.31. The predicted octanol–water partition coefficient (Wildman–Crippen LogP) is 6.57. The molecule has 0 bridgehead atoms. The van der Waals surface area contributed by atoms with Gasteiger partial charge in [-0.15, -0.1) is 0 Å². The van der Waals surface area contributed by atoms with Crippen molar-refractivity contribution in [1.82, 2.24) is 9.88 Å². The Morgan fingerprint density at radius 1 is 1.06 bits per heavy atom. The number of carbonyl (C=O) groups excluding carboxylic acids is 2. The smallest absolute Gasteiger partial charge is 0.223 e. The lowest BCUT2D eigenvalue weighted by atomic mass is 9.88. The van der Waals surface area contributed by atoms with Gasteiger partial charge in [-0.25, -0.2) is 4.39 Å². The zero-order chi connectivity index (χ0) is 24.2. The van der Waals surface area contributed by atoms with E-state index < -0.39 is 11.6 Å². The fourth-order valence-electron chi connectivity index (χ4n) is 4.95. The average molecular weight is 481 g/mol. The number of hydrogen-bond donors (Lipinski definition) is 1. The van der Waals surface area contributed by atoms with Gasteiger partial charge in [0.25, 0.3) is 0 Å². The molecule has 1 N–H and O–H groups in total. The van der Waals surface area contributed by atoms with Crippen molar-refractivity contribution in [3.05, 3.63) is 87.4 Å². The summed E-state index contributed by atoms with van der Waals surface area (Å²) in [5.41, 5.74) is 3.90. The molecule has 1 aliphatic rings. The zero-order valence-electron chi connectivity index (χ0n) is 19.7. The Labute approximate surface area is 205 Å². The molecule has 0 atom stereocenters. The van der Waals surface area contributed by atoms with Gasteiger partial charge in [-0.05, 0) is 68.1 Å². The van der Waals surface area contributed by atoms with Crippen LogP contribution in [0.5, 0.6) is 0 Å². The van der Waals surface area contributed by atoms with E-state index in [0.29, 0.717) is 22.8 Å². The van der Waals surface area contributed by atoms with Crippen LogP contribution in [0, 0.1) is 18.7 Å². The number of aryl methyl sites for hydroxylation is 2. The number of nitrogens with zero attached hydrogens (tertiary/aromatic N) is 1. The van der Waals surface area contributed by atoms with Crippen LogP contribution in [-0.2, 0) is 17.8 Å². The van der Waals surface area contributed by atoms with Gasteiger partial charge < -0.3 is 9.88 Å². The van der Waals surface area contributed by atoms with E-state index >= 15 is 0 Å². The monoisotopic (exact) mass is 480 g/mol. The van der Waals surface area contributed by atoms with Crippen LogP contribution < -0.4 is 5.32 Å². The lowest BCUT2D eigenvalue weighted by Gasteiger charge is -2.22. The van der Waals surface area contributed by atoms with Gasteiger partial charge in [-0.3, -0.25) is 9.59 Å². The number of benzene rings is 2. The van der Waals surface area contributed by atoms with E-state index in [1.165, 1.54) is 18.6 Å². The maximum absolute atomic E-state index is 14.5. The minimum atomic E-state index is -0.572. The Morgan fingerprint density at radius 2 is 1.79 bits per heavy atom. The molecule has 0 spiro atoms. The number of halogens is 2. The molecule has 0 radical (unpaired) electrons. The van der Waals surface area contributed by atoms with E-state index in [0.717, 1.165) is 49.1 Å². The number of rotatable bonds is 7. The van der Waals surface area contributed by atoms with E-state index in [1.807, 2.05) is 11.5 Å². The zero-order valence-corrected chi connectivity index (χ0v) is 20.4. The molecule has 4 rings (SSSR count). The van der Waals surface area contributed by atoms with Crippen LogP contribution in [0.15, 0.2) is 48.5 Å². The van der Waals surface area contributed by atoms with Crippen molar-refractivity contribution < 1.29 is 14.0 Å². The van der Waals surface area contributed by atoms with Crippen molar-refractivity contribution in [2.75, 3.05) is 0 Å². The van der Waals surface area contributed by atoms with Crippen LogP contribution in [0.25, 0.3) is 5.69 Å². The Bertz CT molecular complexity index is 1210. The van der Waals surface area contributed by atoms with E-state index in [-0.39, 0.29) is 17.4 Å². The van der Waals surface area contributed by atoms with Crippen LogP contribution in [-0.4, -0.2) is 16.3 Å². The van der Waals surface area contributed by atoms with Crippen LogP contribution >= 0.6 is 11.6 Å². The van der Waals surface area contributed by atoms with Crippen molar-refractivity contribution in [2.45, 2.75) is 58.9 Å². The maximum atomic E-state index is 14.5. The third kappa shape index (κ3) is 4.95. The fraction of sp³-hybridized carbons (Fsp3) is 0.357. The summed E-state index contributed by atoms with van der Waals surface area (Å²) >= 11 is 6.26. The molecular formula is C28H30ClFN2O2. The van der Waals surface area contributed by atoms with Gasteiger partial charge in [-0.2, -0.15) is 0 Å². The first-order valence-corrected chi connectivity index (χ1v) is 12.4. The SMILES string of the molecule is CCc1cc(C)n(-c2ccc(Cl)cc2C(=O)c2ccccc2F)c1CNC(=O)C1CCCCC1. The van der Waals surface area contributed by atoms with Crippen molar-refractivity contribution >= 4 is 23.3 Å². The summed E-state index contributed by atoms with van der Waals surface area (Å²) < 4.78 is 16.4. The molecule has 34 heavy (non-hydrogen) atoms. The molecule has 1 heterocycles. The fourth-order valence-corrected chi connectivity index (χ4v) is 5.12. The Morgan fingerprint density at radius 3 is 2.50 bits per heavy atom. The van der Waals surface area contributed by atoms with Crippen LogP contribution in [0.2, 0.25) is 5.02 Å². The van der Waals surface area contributed by atoms with Gasteiger partial charge in [0.1, 0.15) is 5.82 Å². The summed E-state index contributed by atoms with van der Waals surface area (Å²) in [5.74, 6) is -0.848. The first kappa shape index (κ1) is 24.2. The van der Waals surface area contributed by atoms with Gasteiger partial charge in [0, 0.05) is 27.9 Å². The molecule has 1 saturated carbocycles. The van der Waals surface area contributed by atoms with Crippen molar-refractivity contribution in [3.63, 3.8) is 0 Å². The highest BCUT2D eigenvalue weighted by atomic mass is 35.5. The predicted molar refractivity (Wildman–Crippen MR) is 133 cm³/mol. The summed E-state index contributed by atoms with van der Waals surface area (Å²) in [6, 6.07) is 13.1. The number of amides is 1. The Kier molecular flexibility index (Phi) is 7.52. The van der Waals surface area contributed by atoms with Gasteiger partial charge in [0.2, 0.25) is 5.91 Å². The molecule has 3 aromatic rings. The first-order valence-electron chi connectivity index (χ1n) is 12.0. The molecule has 4 nitrogen and oxygen atoms in total.